The summed E-state index contributed by atoms with van der Waals surface area (Å²) in [4.78, 5) is 26.2. The zero-order valence-electron chi connectivity index (χ0n) is 17.7. The molecule has 1 aromatic heterocycles. The number of aromatic nitrogens is 1. The normalized spacial score (nSPS) is 13.9. The molecule has 7 nitrogen and oxygen atoms in total. The van der Waals surface area contributed by atoms with Gasteiger partial charge in [-0.3, -0.25) is 9.78 Å². The standard InChI is InChI=1S/C22H22N2O3.C2H5NO/c1-15-19-4-2-3-5-21(19)23-14-20(15)16-6-8-17(9-7-16)27-18-10-12-24(13-11-18)22(25)26;1-2(3)4/h2-9,14,18H,10-13H2,1H3,(H,25,26);1H3,(H2,3,4). The van der Waals surface area contributed by atoms with Crippen molar-refractivity contribution in [3.8, 4) is 16.9 Å². The number of hydrogen-bond acceptors (Lipinski definition) is 4. The number of amides is 2. The molecule has 0 unspecified atom stereocenters. The van der Waals surface area contributed by atoms with Crippen LogP contribution in [0.3, 0.4) is 0 Å². The Morgan fingerprint density at radius 1 is 1.10 bits per heavy atom. The molecule has 2 aromatic carbocycles. The van der Waals surface area contributed by atoms with Crippen LogP contribution in [0.25, 0.3) is 22.0 Å². The van der Waals surface area contributed by atoms with Gasteiger partial charge in [0.05, 0.1) is 5.52 Å². The molecule has 1 aliphatic rings. The average Bonchev–Trinajstić information content (AvgIpc) is 2.75. The number of pyridine rings is 1. The first kappa shape index (κ1) is 22.1. The molecule has 2 heterocycles. The van der Waals surface area contributed by atoms with Gasteiger partial charge in [-0.2, -0.15) is 0 Å². The number of para-hydroxylation sites is 1. The van der Waals surface area contributed by atoms with Gasteiger partial charge in [0, 0.05) is 50.0 Å². The largest absolute Gasteiger partial charge is 0.490 e. The monoisotopic (exact) mass is 421 g/mol. The first-order valence-corrected chi connectivity index (χ1v) is 10.2. The summed E-state index contributed by atoms with van der Waals surface area (Å²) in [6.07, 6.45) is 2.59. The Balaban J connectivity index is 0.000000628. The number of carbonyl (C=O) groups is 2. The van der Waals surface area contributed by atoms with E-state index in [0.29, 0.717) is 13.1 Å². The van der Waals surface area contributed by atoms with Crippen LogP contribution in [0.5, 0.6) is 5.75 Å². The molecule has 0 radical (unpaired) electrons. The predicted octanol–water partition coefficient (Wildman–Crippen LogP) is 4.22. The van der Waals surface area contributed by atoms with Crippen molar-refractivity contribution in [1.82, 2.24) is 9.88 Å². The molecule has 3 aromatic rings. The topological polar surface area (TPSA) is 106 Å². The number of carboxylic acid groups (broad SMARTS) is 1. The summed E-state index contributed by atoms with van der Waals surface area (Å²) in [5, 5.41) is 10.2. The van der Waals surface area contributed by atoms with Gasteiger partial charge in [0.25, 0.3) is 0 Å². The third kappa shape index (κ3) is 5.72. The lowest BCUT2D eigenvalue weighted by Gasteiger charge is -2.30. The van der Waals surface area contributed by atoms with Crippen LogP contribution in [0.4, 0.5) is 4.79 Å². The number of primary amides is 1. The minimum Gasteiger partial charge on any atom is -0.490 e. The van der Waals surface area contributed by atoms with Crippen LogP contribution < -0.4 is 10.5 Å². The number of rotatable bonds is 3. The molecule has 0 spiro atoms. The van der Waals surface area contributed by atoms with E-state index in [1.807, 2.05) is 36.5 Å². The Morgan fingerprint density at radius 2 is 1.71 bits per heavy atom. The number of benzene rings is 2. The molecule has 0 saturated carbocycles. The zero-order chi connectivity index (χ0) is 22.4. The van der Waals surface area contributed by atoms with Crippen molar-refractivity contribution >= 4 is 22.9 Å². The van der Waals surface area contributed by atoms with Crippen LogP contribution in [0.2, 0.25) is 0 Å². The average molecular weight is 421 g/mol. The fourth-order valence-corrected chi connectivity index (χ4v) is 3.64. The van der Waals surface area contributed by atoms with Crippen molar-refractivity contribution in [2.24, 2.45) is 5.73 Å². The molecule has 31 heavy (non-hydrogen) atoms. The highest BCUT2D eigenvalue weighted by atomic mass is 16.5. The Bertz CT molecular complexity index is 1050. The van der Waals surface area contributed by atoms with E-state index >= 15 is 0 Å². The van der Waals surface area contributed by atoms with Crippen molar-refractivity contribution in [2.45, 2.75) is 32.8 Å². The molecule has 7 heteroatoms. The van der Waals surface area contributed by atoms with Crippen LogP contribution in [-0.2, 0) is 4.79 Å². The number of ether oxygens (including phenoxy) is 1. The summed E-state index contributed by atoms with van der Waals surface area (Å²) in [6, 6.07) is 16.2. The van der Waals surface area contributed by atoms with Gasteiger partial charge in [0.1, 0.15) is 11.9 Å². The number of nitrogens with zero attached hydrogens (tertiary/aromatic N) is 2. The molecule has 162 valence electrons. The predicted molar refractivity (Wildman–Crippen MR) is 120 cm³/mol. The van der Waals surface area contributed by atoms with E-state index in [0.717, 1.165) is 35.2 Å². The number of piperidine rings is 1. The fourth-order valence-electron chi connectivity index (χ4n) is 3.64. The van der Waals surface area contributed by atoms with Gasteiger partial charge in [-0.15, -0.1) is 0 Å². The number of likely N-dealkylation sites (tertiary alicyclic amines) is 1. The smallest absolute Gasteiger partial charge is 0.407 e. The van der Waals surface area contributed by atoms with Crippen LogP contribution in [0.15, 0.2) is 54.7 Å². The molecule has 1 aliphatic heterocycles. The van der Waals surface area contributed by atoms with E-state index in [1.54, 1.807) is 0 Å². The summed E-state index contributed by atoms with van der Waals surface area (Å²) >= 11 is 0. The second-order valence-electron chi connectivity index (χ2n) is 7.54. The third-order valence-electron chi connectivity index (χ3n) is 5.23. The minimum atomic E-state index is -0.850. The van der Waals surface area contributed by atoms with Gasteiger partial charge in [-0.1, -0.05) is 30.3 Å². The Hall–Kier alpha value is -3.61. The van der Waals surface area contributed by atoms with Gasteiger partial charge in [-0.25, -0.2) is 4.79 Å². The number of hydrogen-bond donors (Lipinski definition) is 2. The Labute approximate surface area is 181 Å². The van der Waals surface area contributed by atoms with E-state index in [9.17, 15) is 9.59 Å². The molecule has 3 N–H and O–H groups in total. The lowest BCUT2D eigenvalue weighted by Crippen LogP contribution is -2.41. The molecule has 2 amide bonds. The molecule has 1 fully saturated rings. The van der Waals surface area contributed by atoms with Crippen molar-refractivity contribution in [3.05, 3.63) is 60.3 Å². The number of carbonyl (C=O) groups excluding carboxylic acids is 1. The second-order valence-corrected chi connectivity index (χ2v) is 7.54. The molecular formula is C24H27N3O4. The van der Waals surface area contributed by atoms with Crippen LogP contribution in [-0.4, -0.2) is 46.2 Å². The second kappa shape index (κ2) is 9.93. The number of nitrogens with two attached hydrogens (primary N) is 1. The van der Waals surface area contributed by atoms with Crippen molar-refractivity contribution in [1.29, 1.82) is 0 Å². The van der Waals surface area contributed by atoms with E-state index < -0.39 is 6.09 Å². The van der Waals surface area contributed by atoms with Crippen LogP contribution >= 0.6 is 0 Å². The molecule has 1 saturated heterocycles. The van der Waals surface area contributed by atoms with E-state index in [2.05, 4.69) is 35.8 Å². The SMILES string of the molecule is CC(N)=O.Cc1c(-c2ccc(OC3CCN(C(=O)O)CC3)cc2)cnc2ccccc12. The zero-order valence-corrected chi connectivity index (χ0v) is 17.7. The summed E-state index contributed by atoms with van der Waals surface area (Å²) in [5.41, 5.74) is 8.93. The van der Waals surface area contributed by atoms with Gasteiger partial charge in [0.15, 0.2) is 0 Å². The lowest BCUT2D eigenvalue weighted by atomic mass is 9.99. The van der Waals surface area contributed by atoms with Gasteiger partial charge in [-0.05, 0) is 36.2 Å². The molecule has 0 aliphatic carbocycles. The fraction of sp³-hybridized carbons (Fsp3) is 0.292. The Morgan fingerprint density at radius 3 is 2.32 bits per heavy atom. The molecular weight excluding hydrogens is 394 g/mol. The molecule has 4 rings (SSSR count). The minimum absolute atomic E-state index is 0.0653. The number of aryl methyl sites for hydroxylation is 1. The maximum absolute atomic E-state index is 11.0. The van der Waals surface area contributed by atoms with E-state index in [-0.39, 0.29) is 12.0 Å². The van der Waals surface area contributed by atoms with Gasteiger partial charge < -0.3 is 20.5 Å². The highest BCUT2D eigenvalue weighted by Gasteiger charge is 2.23. The van der Waals surface area contributed by atoms with Crippen molar-refractivity contribution < 1.29 is 19.4 Å². The first-order chi connectivity index (χ1) is 14.8. The van der Waals surface area contributed by atoms with Gasteiger partial charge >= 0.3 is 6.09 Å². The van der Waals surface area contributed by atoms with Gasteiger partial charge in [0.2, 0.25) is 5.91 Å². The lowest BCUT2D eigenvalue weighted by molar-refractivity contribution is -0.115. The highest BCUT2D eigenvalue weighted by molar-refractivity contribution is 5.88. The molecule has 0 atom stereocenters. The summed E-state index contributed by atoms with van der Waals surface area (Å²) < 4.78 is 6.04. The molecule has 0 bridgehead atoms. The third-order valence-corrected chi connectivity index (χ3v) is 5.23. The Kier molecular flexibility index (Phi) is 7.07. The first-order valence-electron chi connectivity index (χ1n) is 10.2. The summed E-state index contributed by atoms with van der Waals surface area (Å²) in [5.74, 6) is 0.485. The maximum atomic E-state index is 11.0. The number of fused-ring (bicyclic) bond motifs is 1. The highest BCUT2D eigenvalue weighted by Crippen LogP contribution is 2.30. The maximum Gasteiger partial charge on any atom is 0.407 e. The van der Waals surface area contributed by atoms with Crippen LogP contribution in [0.1, 0.15) is 25.3 Å². The summed E-state index contributed by atoms with van der Waals surface area (Å²) in [6.45, 7) is 4.49. The quantitative estimate of drug-likeness (QED) is 0.658. The van der Waals surface area contributed by atoms with E-state index in [1.165, 1.54) is 22.8 Å². The van der Waals surface area contributed by atoms with Crippen molar-refractivity contribution in [2.75, 3.05) is 13.1 Å². The van der Waals surface area contributed by atoms with E-state index in [4.69, 9.17) is 9.84 Å². The van der Waals surface area contributed by atoms with Crippen molar-refractivity contribution in [3.63, 3.8) is 0 Å². The van der Waals surface area contributed by atoms with Crippen LogP contribution in [0, 0.1) is 6.92 Å². The summed E-state index contributed by atoms with van der Waals surface area (Å²) in [7, 11) is 0.